The smallest absolute Gasteiger partial charge is 0.0509 e. The molecule has 2 nitrogen and oxygen atoms in total. The first-order valence-electron chi connectivity index (χ1n) is 3.94. The van der Waals surface area contributed by atoms with Gasteiger partial charge in [0.2, 0.25) is 0 Å². The average molecular weight is 162 g/mol. The van der Waals surface area contributed by atoms with Crippen LogP contribution in [0, 0.1) is 6.92 Å². The van der Waals surface area contributed by atoms with Gasteiger partial charge < -0.3 is 5.73 Å². The van der Waals surface area contributed by atoms with Gasteiger partial charge in [-0.1, -0.05) is 12.2 Å². The van der Waals surface area contributed by atoms with E-state index in [0.717, 1.165) is 16.7 Å². The van der Waals surface area contributed by atoms with Crippen molar-refractivity contribution in [2.24, 2.45) is 5.73 Å². The molecule has 0 aliphatic heterocycles. The van der Waals surface area contributed by atoms with Gasteiger partial charge in [-0.2, -0.15) is 0 Å². The van der Waals surface area contributed by atoms with Crippen molar-refractivity contribution in [1.29, 1.82) is 0 Å². The maximum absolute atomic E-state index is 5.91. The zero-order valence-corrected chi connectivity index (χ0v) is 7.54. The Balaban J connectivity index is 3.02. The third-order valence-corrected chi connectivity index (χ3v) is 1.93. The number of hydrogen-bond acceptors (Lipinski definition) is 2. The van der Waals surface area contributed by atoms with Gasteiger partial charge in [-0.3, -0.25) is 4.98 Å². The Morgan fingerprint density at radius 1 is 1.67 bits per heavy atom. The van der Waals surface area contributed by atoms with Crippen molar-refractivity contribution in [3.63, 3.8) is 0 Å². The molecule has 0 spiro atoms. The van der Waals surface area contributed by atoms with Crippen LogP contribution in [-0.2, 0) is 0 Å². The van der Waals surface area contributed by atoms with Crippen molar-refractivity contribution >= 4 is 0 Å². The van der Waals surface area contributed by atoms with Crippen molar-refractivity contribution in [2.45, 2.75) is 19.9 Å². The van der Waals surface area contributed by atoms with E-state index in [1.54, 1.807) is 6.20 Å². The van der Waals surface area contributed by atoms with Crippen LogP contribution >= 0.6 is 0 Å². The normalized spacial score (nSPS) is 12.6. The molecule has 0 aliphatic carbocycles. The molecule has 0 saturated heterocycles. The third kappa shape index (κ3) is 1.71. The quantitative estimate of drug-likeness (QED) is 0.675. The molecule has 0 bridgehead atoms. The van der Waals surface area contributed by atoms with Gasteiger partial charge in [0.1, 0.15) is 0 Å². The molecule has 2 heteroatoms. The number of aromatic nitrogens is 1. The van der Waals surface area contributed by atoms with Crippen LogP contribution in [0.5, 0.6) is 0 Å². The summed E-state index contributed by atoms with van der Waals surface area (Å²) < 4.78 is 0. The van der Waals surface area contributed by atoms with E-state index in [0.29, 0.717) is 0 Å². The Morgan fingerprint density at radius 2 is 2.33 bits per heavy atom. The van der Waals surface area contributed by atoms with Gasteiger partial charge in [0.15, 0.2) is 0 Å². The minimum atomic E-state index is -0.0620. The molecule has 1 atom stereocenters. The highest BCUT2D eigenvalue weighted by molar-refractivity contribution is 5.30. The Morgan fingerprint density at radius 3 is 2.83 bits per heavy atom. The van der Waals surface area contributed by atoms with E-state index in [9.17, 15) is 0 Å². The highest BCUT2D eigenvalue weighted by atomic mass is 14.7. The predicted octanol–water partition coefficient (Wildman–Crippen LogP) is 1.97. The number of nitrogens with zero attached hydrogens (tertiary/aromatic N) is 1. The zero-order valence-electron chi connectivity index (χ0n) is 7.54. The number of aryl methyl sites for hydroxylation is 1. The fourth-order valence-electron chi connectivity index (χ4n) is 1.10. The zero-order chi connectivity index (χ0) is 9.14. The minimum Gasteiger partial charge on any atom is -0.321 e. The maximum Gasteiger partial charge on any atom is 0.0509 e. The molecule has 12 heavy (non-hydrogen) atoms. The summed E-state index contributed by atoms with van der Waals surface area (Å²) in [4.78, 5) is 4.00. The van der Waals surface area contributed by atoms with Crippen molar-refractivity contribution in [2.75, 3.05) is 0 Å². The van der Waals surface area contributed by atoms with Crippen LogP contribution in [0.15, 0.2) is 30.6 Å². The monoisotopic (exact) mass is 162 g/mol. The van der Waals surface area contributed by atoms with E-state index >= 15 is 0 Å². The third-order valence-electron chi connectivity index (χ3n) is 1.93. The topological polar surface area (TPSA) is 38.9 Å². The number of pyridine rings is 1. The van der Waals surface area contributed by atoms with Crippen LogP contribution in [0.25, 0.3) is 0 Å². The van der Waals surface area contributed by atoms with E-state index in [4.69, 9.17) is 5.73 Å². The highest BCUT2D eigenvalue weighted by Gasteiger charge is 2.07. The number of nitrogens with two attached hydrogens (primary N) is 1. The summed E-state index contributed by atoms with van der Waals surface area (Å²) in [6.07, 6.45) is 3.57. The predicted molar refractivity (Wildman–Crippen MR) is 50.7 cm³/mol. The lowest BCUT2D eigenvalue weighted by Gasteiger charge is -2.13. The van der Waals surface area contributed by atoms with E-state index in [-0.39, 0.29) is 6.04 Å². The molecular weight excluding hydrogens is 148 g/mol. The molecular formula is C10H14N2. The summed E-state index contributed by atoms with van der Waals surface area (Å²) in [5.41, 5.74) is 9.11. The second kappa shape index (κ2) is 3.50. The molecule has 1 aromatic heterocycles. The second-order valence-corrected chi connectivity index (χ2v) is 3.06. The molecule has 0 saturated carbocycles. The van der Waals surface area contributed by atoms with Gasteiger partial charge in [0.05, 0.1) is 6.04 Å². The average Bonchev–Trinajstić information content (AvgIpc) is 2.04. The molecule has 0 radical (unpaired) electrons. The van der Waals surface area contributed by atoms with Gasteiger partial charge in [-0.05, 0) is 31.0 Å². The molecule has 1 heterocycles. The van der Waals surface area contributed by atoms with Gasteiger partial charge >= 0.3 is 0 Å². The van der Waals surface area contributed by atoms with Crippen molar-refractivity contribution in [1.82, 2.24) is 4.98 Å². The summed E-state index contributed by atoms with van der Waals surface area (Å²) in [5.74, 6) is 0. The van der Waals surface area contributed by atoms with Crippen molar-refractivity contribution in [3.05, 3.63) is 41.7 Å². The lowest BCUT2D eigenvalue weighted by Crippen LogP contribution is -2.12. The highest BCUT2D eigenvalue weighted by Crippen LogP contribution is 2.19. The first-order chi connectivity index (χ1) is 5.63. The molecule has 1 aromatic rings. The van der Waals surface area contributed by atoms with E-state index < -0.39 is 0 Å². The van der Waals surface area contributed by atoms with Crippen molar-refractivity contribution < 1.29 is 0 Å². The Kier molecular flexibility index (Phi) is 2.61. The molecule has 0 fully saturated rings. The summed E-state index contributed by atoms with van der Waals surface area (Å²) >= 11 is 0. The molecule has 2 N–H and O–H groups in total. The van der Waals surface area contributed by atoms with Crippen LogP contribution < -0.4 is 5.73 Å². The second-order valence-electron chi connectivity index (χ2n) is 3.06. The lowest BCUT2D eigenvalue weighted by atomic mass is 9.99. The first-order valence-corrected chi connectivity index (χ1v) is 3.94. The van der Waals surface area contributed by atoms with Gasteiger partial charge in [0.25, 0.3) is 0 Å². The summed E-state index contributed by atoms with van der Waals surface area (Å²) in [6, 6.07) is 1.88. The summed E-state index contributed by atoms with van der Waals surface area (Å²) in [7, 11) is 0. The fraction of sp³-hybridized carbons (Fsp3) is 0.300. The SMILES string of the molecule is C=C(C)C(N)c1ccncc1C. The summed E-state index contributed by atoms with van der Waals surface area (Å²) in [6.45, 7) is 7.77. The molecule has 0 amide bonds. The maximum atomic E-state index is 5.91. The van der Waals surface area contributed by atoms with Crippen LogP contribution in [0.1, 0.15) is 24.1 Å². The van der Waals surface area contributed by atoms with Crippen LogP contribution in [0.2, 0.25) is 0 Å². The van der Waals surface area contributed by atoms with Gasteiger partial charge in [-0.25, -0.2) is 0 Å². The molecule has 1 rings (SSSR count). The Labute approximate surface area is 73.1 Å². The standard InChI is InChI=1S/C10H14N2/c1-7(2)10(11)9-4-5-12-6-8(9)3/h4-6,10H,1,11H2,2-3H3. The summed E-state index contributed by atoms with van der Waals surface area (Å²) in [5, 5.41) is 0. The fourth-order valence-corrected chi connectivity index (χ4v) is 1.10. The van der Waals surface area contributed by atoms with Crippen LogP contribution in [0.3, 0.4) is 0 Å². The molecule has 0 aliphatic rings. The van der Waals surface area contributed by atoms with Gasteiger partial charge in [0, 0.05) is 12.4 Å². The van der Waals surface area contributed by atoms with E-state index in [1.165, 1.54) is 0 Å². The van der Waals surface area contributed by atoms with Gasteiger partial charge in [-0.15, -0.1) is 0 Å². The molecule has 0 aromatic carbocycles. The van der Waals surface area contributed by atoms with E-state index in [1.807, 2.05) is 26.1 Å². The Bertz CT molecular complexity index is 292. The number of rotatable bonds is 2. The van der Waals surface area contributed by atoms with Crippen LogP contribution in [-0.4, -0.2) is 4.98 Å². The molecule has 64 valence electrons. The van der Waals surface area contributed by atoms with E-state index in [2.05, 4.69) is 11.6 Å². The Hall–Kier alpha value is -1.15. The number of hydrogen-bond donors (Lipinski definition) is 1. The minimum absolute atomic E-state index is 0.0620. The van der Waals surface area contributed by atoms with Crippen molar-refractivity contribution in [3.8, 4) is 0 Å². The van der Waals surface area contributed by atoms with Crippen LogP contribution in [0.4, 0.5) is 0 Å². The first kappa shape index (κ1) is 8.94. The largest absolute Gasteiger partial charge is 0.321 e. The lowest BCUT2D eigenvalue weighted by molar-refractivity contribution is 0.838. The molecule has 1 unspecified atom stereocenters.